The molecular formula is C12H16N2O. The minimum absolute atomic E-state index is 0.0388. The van der Waals surface area contributed by atoms with Gasteiger partial charge in [0.15, 0.2) is 0 Å². The zero-order chi connectivity index (χ0) is 10.8. The highest BCUT2D eigenvalue weighted by atomic mass is 16.1. The Kier molecular flexibility index (Phi) is 2.62. The van der Waals surface area contributed by atoms with Gasteiger partial charge in [0.05, 0.1) is 5.56 Å². The minimum Gasteiger partial charge on any atom is -0.384 e. The Hall–Kier alpha value is -1.51. The van der Waals surface area contributed by atoms with Crippen molar-refractivity contribution in [2.75, 3.05) is 11.9 Å². The zero-order valence-corrected chi connectivity index (χ0v) is 9.13. The second kappa shape index (κ2) is 3.93. The number of carbonyl (C=O) groups is 1. The number of benzene rings is 1. The molecule has 80 valence electrons. The molecule has 0 atom stereocenters. The van der Waals surface area contributed by atoms with E-state index in [1.165, 1.54) is 0 Å². The number of amides is 1. The fraction of sp³-hybridized carbons (Fsp3) is 0.417. The van der Waals surface area contributed by atoms with Crippen LogP contribution in [0.25, 0.3) is 0 Å². The molecule has 1 amide bonds. The molecule has 0 unspecified atom stereocenters. The third-order valence-electron chi connectivity index (χ3n) is 2.52. The van der Waals surface area contributed by atoms with Gasteiger partial charge in [0.1, 0.15) is 0 Å². The monoisotopic (exact) mass is 204 g/mol. The van der Waals surface area contributed by atoms with Gasteiger partial charge in [-0.1, -0.05) is 26.0 Å². The minimum atomic E-state index is 0.0388. The van der Waals surface area contributed by atoms with Crippen LogP contribution in [0.1, 0.15) is 29.8 Å². The Morgan fingerprint density at radius 2 is 2.27 bits per heavy atom. The molecule has 2 rings (SSSR count). The van der Waals surface area contributed by atoms with Crippen molar-refractivity contribution in [3.8, 4) is 0 Å². The van der Waals surface area contributed by atoms with Crippen LogP contribution in [0.4, 0.5) is 5.69 Å². The van der Waals surface area contributed by atoms with Crippen molar-refractivity contribution in [2.45, 2.75) is 20.4 Å². The number of anilines is 1. The average Bonchev–Trinajstić information content (AvgIpc) is 2.58. The van der Waals surface area contributed by atoms with Crippen molar-refractivity contribution in [1.29, 1.82) is 0 Å². The molecule has 1 aromatic carbocycles. The first-order valence-electron chi connectivity index (χ1n) is 5.32. The van der Waals surface area contributed by atoms with Gasteiger partial charge in [-0.3, -0.25) is 4.79 Å². The normalized spacial score (nSPS) is 13.9. The van der Waals surface area contributed by atoms with E-state index < -0.39 is 0 Å². The first-order chi connectivity index (χ1) is 7.18. The maximum absolute atomic E-state index is 11.6. The van der Waals surface area contributed by atoms with E-state index in [2.05, 4.69) is 24.5 Å². The SMILES string of the molecule is CC(C)CNc1cccc2c1C(=O)NC2. The maximum atomic E-state index is 11.6. The quantitative estimate of drug-likeness (QED) is 0.790. The van der Waals surface area contributed by atoms with Gasteiger partial charge in [0, 0.05) is 18.8 Å². The van der Waals surface area contributed by atoms with E-state index in [0.717, 1.165) is 23.4 Å². The highest BCUT2D eigenvalue weighted by molar-refractivity contribution is 6.03. The summed E-state index contributed by atoms with van der Waals surface area (Å²) in [5, 5.41) is 6.15. The van der Waals surface area contributed by atoms with Crippen LogP contribution >= 0.6 is 0 Å². The van der Waals surface area contributed by atoms with Crippen molar-refractivity contribution in [3.05, 3.63) is 29.3 Å². The van der Waals surface area contributed by atoms with Crippen LogP contribution in [0.15, 0.2) is 18.2 Å². The molecule has 1 aromatic rings. The van der Waals surface area contributed by atoms with Crippen LogP contribution in [-0.2, 0) is 6.54 Å². The van der Waals surface area contributed by atoms with Gasteiger partial charge in [-0.2, -0.15) is 0 Å². The van der Waals surface area contributed by atoms with Crippen molar-refractivity contribution in [1.82, 2.24) is 5.32 Å². The summed E-state index contributed by atoms with van der Waals surface area (Å²) in [5.74, 6) is 0.613. The second-order valence-corrected chi connectivity index (χ2v) is 4.30. The summed E-state index contributed by atoms with van der Waals surface area (Å²) in [6.45, 7) is 5.85. The summed E-state index contributed by atoms with van der Waals surface area (Å²) in [7, 11) is 0. The number of fused-ring (bicyclic) bond motifs is 1. The third kappa shape index (κ3) is 1.96. The summed E-state index contributed by atoms with van der Waals surface area (Å²) in [6.07, 6.45) is 0. The molecule has 0 radical (unpaired) electrons. The first kappa shape index (κ1) is 10.0. The lowest BCUT2D eigenvalue weighted by Crippen LogP contribution is -2.15. The van der Waals surface area contributed by atoms with E-state index >= 15 is 0 Å². The molecular weight excluding hydrogens is 188 g/mol. The molecule has 0 spiro atoms. The maximum Gasteiger partial charge on any atom is 0.253 e. The Bertz CT molecular complexity index is 385. The topological polar surface area (TPSA) is 41.1 Å². The van der Waals surface area contributed by atoms with E-state index in [1.54, 1.807) is 0 Å². The van der Waals surface area contributed by atoms with Crippen molar-refractivity contribution >= 4 is 11.6 Å². The molecule has 0 saturated heterocycles. The number of rotatable bonds is 3. The molecule has 1 heterocycles. The third-order valence-corrected chi connectivity index (χ3v) is 2.52. The van der Waals surface area contributed by atoms with Crippen molar-refractivity contribution in [3.63, 3.8) is 0 Å². The lowest BCUT2D eigenvalue weighted by Gasteiger charge is -2.11. The number of carbonyl (C=O) groups excluding carboxylic acids is 1. The van der Waals surface area contributed by atoms with Crippen LogP contribution in [0.5, 0.6) is 0 Å². The standard InChI is InChI=1S/C12H16N2O/c1-8(2)6-13-10-5-3-4-9-7-14-12(15)11(9)10/h3-5,8,13H,6-7H2,1-2H3,(H,14,15). The van der Waals surface area contributed by atoms with Crippen LogP contribution in [-0.4, -0.2) is 12.5 Å². The molecule has 0 saturated carbocycles. The zero-order valence-electron chi connectivity index (χ0n) is 9.13. The van der Waals surface area contributed by atoms with Gasteiger partial charge in [0.25, 0.3) is 5.91 Å². The van der Waals surface area contributed by atoms with Gasteiger partial charge >= 0.3 is 0 Å². The average molecular weight is 204 g/mol. The van der Waals surface area contributed by atoms with E-state index in [4.69, 9.17) is 0 Å². The van der Waals surface area contributed by atoms with Crippen LogP contribution in [0.3, 0.4) is 0 Å². The molecule has 0 bridgehead atoms. The van der Waals surface area contributed by atoms with E-state index in [9.17, 15) is 4.79 Å². The van der Waals surface area contributed by atoms with Crippen LogP contribution < -0.4 is 10.6 Å². The lowest BCUT2D eigenvalue weighted by atomic mass is 10.1. The van der Waals surface area contributed by atoms with Gasteiger partial charge in [-0.05, 0) is 17.5 Å². The Balaban J connectivity index is 2.25. The van der Waals surface area contributed by atoms with Crippen LogP contribution in [0.2, 0.25) is 0 Å². The summed E-state index contributed by atoms with van der Waals surface area (Å²) in [6, 6.07) is 5.95. The molecule has 3 heteroatoms. The molecule has 1 aliphatic rings. The Morgan fingerprint density at radius 1 is 1.47 bits per heavy atom. The fourth-order valence-electron chi connectivity index (χ4n) is 1.74. The summed E-state index contributed by atoms with van der Waals surface area (Å²) in [5.41, 5.74) is 2.86. The fourth-order valence-corrected chi connectivity index (χ4v) is 1.74. The molecule has 0 fully saturated rings. The van der Waals surface area contributed by atoms with Crippen LogP contribution in [0, 0.1) is 5.92 Å². The molecule has 0 aromatic heterocycles. The number of hydrogen-bond donors (Lipinski definition) is 2. The summed E-state index contributed by atoms with van der Waals surface area (Å²) >= 11 is 0. The largest absolute Gasteiger partial charge is 0.384 e. The Labute approximate surface area is 89.9 Å². The van der Waals surface area contributed by atoms with Gasteiger partial charge in [-0.15, -0.1) is 0 Å². The second-order valence-electron chi connectivity index (χ2n) is 4.30. The first-order valence-corrected chi connectivity index (χ1v) is 5.32. The predicted molar refractivity (Wildman–Crippen MR) is 60.9 cm³/mol. The molecule has 0 aliphatic carbocycles. The van der Waals surface area contributed by atoms with Gasteiger partial charge in [0.2, 0.25) is 0 Å². The Morgan fingerprint density at radius 3 is 3.00 bits per heavy atom. The van der Waals surface area contributed by atoms with Gasteiger partial charge in [-0.25, -0.2) is 0 Å². The predicted octanol–water partition coefficient (Wildman–Crippen LogP) is 2.00. The van der Waals surface area contributed by atoms with Crippen molar-refractivity contribution in [2.24, 2.45) is 5.92 Å². The molecule has 15 heavy (non-hydrogen) atoms. The number of nitrogens with one attached hydrogen (secondary N) is 2. The number of hydrogen-bond acceptors (Lipinski definition) is 2. The summed E-state index contributed by atoms with van der Waals surface area (Å²) in [4.78, 5) is 11.6. The van der Waals surface area contributed by atoms with Crippen molar-refractivity contribution < 1.29 is 4.79 Å². The lowest BCUT2D eigenvalue weighted by molar-refractivity contribution is 0.0966. The molecule has 1 aliphatic heterocycles. The smallest absolute Gasteiger partial charge is 0.253 e. The van der Waals surface area contributed by atoms with E-state index in [-0.39, 0.29) is 5.91 Å². The highest BCUT2D eigenvalue weighted by Gasteiger charge is 2.21. The van der Waals surface area contributed by atoms with E-state index in [0.29, 0.717) is 12.5 Å². The van der Waals surface area contributed by atoms with Gasteiger partial charge < -0.3 is 10.6 Å². The summed E-state index contributed by atoms with van der Waals surface area (Å²) < 4.78 is 0. The van der Waals surface area contributed by atoms with E-state index in [1.807, 2.05) is 18.2 Å². The molecule has 2 N–H and O–H groups in total. The molecule has 3 nitrogen and oxygen atoms in total. The highest BCUT2D eigenvalue weighted by Crippen LogP contribution is 2.24.